The average molecular weight is 364 g/mol. The van der Waals surface area contributed by atoms with Gasteiger partial charge in [0, 0.05) is 0 Å². The molecule has 0 bridgehead atoms. The largest absolute Gasteiger partial charge is 0.495 e. The van der Waals surface area contributed by atoms with Crippen LogP contribution in [-0.4, -0.2) is 38.0 Å². The van der Waals surface area contributed by atoms with E-state index in [0.717, 1.165) is 18.2 Å². The fourth-order valence-electron chi connectivity index (χ4n) is 2.06. The van der Waals surface area contributed by atoms with Gasteiger partial charge in [0.1, 0.15) is 18.4 Å². The van der Waals surface area contributed by atoms with Crippen molar-refractivity contribution >= 4 is 11.6 Å². The Hall–Kier alpha value is -3.50. The van der Waals surface area contributed by atoms with Crippen LogP contribution in [0.15, 0.2) is 43.0 Å². The van der Waals surface area contributed by atoms with Crippen LogP contribution < -0.4 is 10.1 Å². The average Bonchev–Trinajstić information content (AvgIpc) is 3.15. The molecule has 11 heteroatoms. The predicted octanol–water partition coefficient (Wildman–Crippen LogP) is 2.34. The molecule has 0 radical (unpaired) electrons. The second-order valence-corrected chi connectivity index (χ2v) is 4.98. The Morgan fingerprint density at radius 1 is 1.19 bits per heavy atom. The first-order valence-electron chi connectivity index (χ1n) is 7.14. The summed E-state index contributed by atoms with van der Waals surface area (Å²) in [7, 11) is 1.28. The number of rotatable bonds is 4. The van der Waals surface area contributed by atoms with Crippen molar-refractivity contribution < 1.29 is 22.7 Å². The molecular weight excluding hydrogens is 353 g/mol. The lowest BCUT2D eigenvalue weighted by Gasteiger charge is -2.13. The van der Waals surface area contributed by atoms with Gasteiger partial charge in [-0.1, -0.05) is 0 Å². The second-order valence-electron chi connectivity index (χ2n) is 4.98. The lowest BCUT2D eigenvalue weighted by molar-refractivity contribution is -0.137. The van der Waals surface area contributed by atoms with Crippen LogP contribution in [0.4, 0.5) is 18.9 Å². The maximum Gasteiger partial charge on any atom is 0.416 e. The van der Waals surface area contributed by atoms with Gasteiger partial charge in [-0.3, -0.25) is 4.79 Å². The summed E-state index contributed by atoms with van der Waals surface area (Å²) >= 11 is 0. The zero-order valence-electron chi connectivity index (χ0n) is 13.2. The van der Waals surface area contributed by atoms with E-state index in [2.05, 4.69) is 25.6 Å². The van der Waals surface area contributed by atoms with Crippen molar-refractivity contribution in [2.75, 3.05) is 12.4 Å². The van der Waals surface area contributed by atoms with E-state index in [9.17, 15) is 18.0 Å². The molecule has 0 saturated carbocycles. The van der Waals surface area contributed by atoms with Gasteiger partial charge in [-0.25, -0.2) is 9.67 Å². The number of alkyl halides is 3. The highest BCUT2D eigenvalue weighted by atomic mass is 19.4. The molecule has 0 aliphatic heterocycles. The van der Waals surface area contributed by atoms with Crippen molar-refractivity contribution in [2.24, 2.45) is 0 Å². The minimum absolute atomic E-state index is 0.0820. The molecule has 0 aliphatic rings. The maximum atomic E-state index is 12.9. The molecule has 3 aromatic rings. The summed E-state index contributed by atoms with van der Waals surface area (Å²) in [5, 5.41) is 13.8. The van der Waals surface area contributed by atoms with Crippen LogP contribution in [-0.2, 0) is 6.18 Å². The molecule has 0 unspecified atom stereocenters. The molecule has 1 N–H and O–H groups in total. The van der Waals surface area contributed by atoms with Crippen molar-refractivity contribution in [2.45, 2.75) is 6.18 Å². The molecule has 26 heavy (non-hydrogen) atoms. The minimum atomic E-state index is -4.55. The Morgan fingerprint density at radius 3 is 2.58 bits per heavy atom. The maximum absolute atomic E-state index is 12.9. The molecule has 0 aliphatic carbocycles. The monoisotopic (exact) mass is 364 g/mol. The van der Waals surface area contributed by atoms with E-state index in [1.54, 1.807) is 0 Å². The Kier molecular flexibility index (Phi) is 4.52. The number of methoxy groups -OCH3 is 1. The van der Waals surface area contributed by atoms with Gasteiger partial charge in [-0.05, 0) is 30.3 Å². The summed E-state index contributed by atoms with van der Waals surface area (Å²) < 4.78 is 44.9. The van der Waals surface area contributed by atoms with Crippen molar-refractivity contribution in [1.82, 2.24) is 25.0 Å². The van der Waals surface area contributed by atoms with Crippen LogP contribution in [0.2, 0.25) is 0 Å². The summed E-state index contributed by atoms with van der Waals surface area (Å²) in [5.74, 6) is -0.325. The molecule has 2 heterocycles. The number of carbonyl (C=O) groups excluding carboxylic acids is 1. The van der Waals surface area contributed by atoms with Gasteiger partial charge >= 0.3 is 6.18 Å². The van der Waals surface area contributed by atoms with Gasteiger partial charge in [0.15, 0.2) is 11.5 Å². The summed E-state index contributed by atoms with van der Waals surface area (Å²) in [5.41, 5.74) is -1.14. The molecule has 1 amide bonds. The number of amides is 1. The fraction of sp³-hybridized carbons (Fsp3) is 0.133. The lowest BCUT2D eigenvalue weighted by atomic mass is 10.1. The van der Waals surface area contributed by atoms with E-state index in [0.29, 0.717) is 5.82 Å². The molecular formula is C15H11F3N6O2. The van der Waals surface area contributed by atoms with E-state index in [4.69, 9.17) is 4.74 Å². The highest BCUT2D eigenvalue weighted by molar-refractivity contribution is 6.03. The third-order valence-corrected chi connectivity index (χ3v) is 3.31. The van der Waals surface area contributed by atoms with Crippen LogP contribution in [0.5, 0.6) is 5.75 Å². The third-order valence-electron chi connectivity index (χ3n) is 3.31. The number of hydrogen-bond acceptors (Lipinski definition) is 6. The van der Waals surface area contributed by atoms with Gasteiger partial charge in [0.2, 0.25) is 0 Å². The Morgan fingerprint density at radius 2 is 2.00 bits per heavy atom. The van der Waals surface area contributed by atoms with E-state index in [1.807, 2.05) is 0 Å². The number of carbonyl (C=O) groups is 1. The molecule has 3 rings (SSSR count). The van der Waals surface area contributed by atoms with Crippen LogP contribution in [0.3, 0.4) is 0 Å². The number of hydrogen-bond donors (Lipinski definition) is 1. The molecule has 2 aromatic heterocycles. The first-order valence-corrected chi connectivity index (χ1v) is 7.14. The van der Waals surface area contributed by atoms with Crippen LogP contribution >= 0.6 is 0 Å². The van der Waals surface area contributed by atoms with Crippen LogP contribution in [0, 0.1) is 0 Å². The number of anilines is 1. The summed E-state index contributed by atoms with van der Waals surface area (Å²) in [4.78, 5) is 16.0. The van der Waals surface area contributed by atoms with Gasteiger partial charge < -0.3 is 10.1 Å². The van der Waals surface area contributed by atoms with Gasteiger partial charge in [0.05, 0.1) is 18.4 Å². The number of halogens is 3. The first-order chi connectivity index (χ1) is 12.4. The smallest absolute Gasteiger partial charge is 0.416 e. The van der Waals surface area contributed by atoms with E-state index >= 15 is 0 Å². The lowest BCUT2D eigenvalue weighted by Crippen LogP contribution is -2.16. The number of ether oxygens (including phenoxy) is 1. The van der Waals surface area contributed by atoms with E-state index in [1.165, 1.54) is 36.6 Å². The van der Waals surface area contributed by atoms with Crippen LogP contribution in [0.25, 0.3) is 5.82 Å². The Labute approximate surface area is 144 Å². The van der Waals surface area contributed by atoms with E-state index in [-0.39, 0.29) is 17.1 Å². The second kappa shape index (κ2) is 6.78. The van der Waals surface area contributed by atoms with Crippen molar-refractivity contribution in [3.63, 3.8) is 0 Å². The standard InChI is InChI=1S/C15H11F3N6O2/c1-26-12-4-2-9(15(16,17)18)6-11(12)21-14(25)10-3-5-13(23-22-10)24-8-19-7-20-24/h2-8H,1H3,(H,21,25). The predicted molar refractivity (Wildman–Crippen MR) is 82.9 cm³/mol. The Bertz CT molecular complexity index is 910. The molecule has 0 spiro atoms. The molecule has 134 valence electrons. The summed E-state index contributed by atoms with van der Waals surface area (Å²) in [6.07, 6.45) is -1.84. The molecule has 0 fully saturated rings. The summed E-state index contributed by atoms with van der Waals surface area (Å²) in [6.45, 7) is 0. The highest BCUT2D eigenvalue weighted by Gasteiger charge is 2.31. The van der Waals surface area contributed by atoms with Crippen molar-refractivity contribution in [1.29, 1.82) is 0 Å². The topological polar surface area (TPSA) is 94.8 Å². The van der Waals surface area contributed by atoms with Gasteiger partial charge in [-0.2, -0.15) is 18.3 Å². The third kappa shape index (κ3) is 3.61. The number of nitrogens with one attached hydrogen (secondary N) is 1. The summed E-state index contributed by atoms with van der Waals surface area (Å²) in [6, 6.07) is 5.60. The van der Waals surface area contributed by atoms with Gasteiger partial charge in [0.25, 0.3) is 5.91 Å². The molecule has 0 atom stereocenters. The quantitative estimate of drug-likeness (QED) is 0.764. The zero-order valence-corrected chi connectivity index (χ0v) is 13.2. The number of nitrogens with zero attached hydrogens (tertiary/aromatic N) is 5. The fourth-order valence-corrected chi connectivity index (χ4v) is 2.06. The number of aromatic nitrogens is 5. The molecule has 8 nitrogen and oxygen atoms in total. The van der Waals surface area contributed by atoms with Crippen LogP contribution in [0.1, 0.15) is 16.1 Å². The molecule has 0 saturated heterocycles. The molecule has 1 aromatic carbocycles. The van der Waals surface area contributed by atoms with E-state index < -0.39 is 17.6 Å². The SMILES string of the molecule is COc1ccc(C(F)(F)F)cc1NC(=O)c1ccc(-n2cncn2)nn1. The van der Waals surface area contributed by atoms with Crippen molar-refractivity contribution in [3.8, 4) is 11.6 Å². The highest BCUT2D eigenvalue weighted by Crippen LogP contribution is 2.35. The zero-order chi connectivity index (χ0) is 18.7. The van der Waals surface area contributed by atoms with Crippen molar-refractivity contribution in [3.05, 3.63) is 54.2 Å². The van der Waals surface area contributed by atoms with Gasteiger partial charge in [-0.15, -0.1) is 10.2 Å². The number of benzene rings is 1. The Balaban J connectivity index is 1.83. The minimum Gasteiger partial charge on any atom is -0.495 e. The first kappa shape index (κ1) is 17.3. The normalized spacial score (nSPS) is 11.2.